The van der Waals surface area contributed by atoms with Gasteiger partial charge in [0.1, 0.15) is 0 Å². The van der Waals surface area contributed by atoms with Crippen LogP contribution in [0.3, 0.4) is 0 Å². The first-order valence-electron chi connectivity index (χ1n) is 19.9. The fraction of sp³-hybridized carbons (Fsp3) is 0.0741. The Kier molecular flexibility index (Phi) is 7.12. The lowest BCUT2D eigenvalue weighted by molar-refractivity contribution is 0.687. The summed E-state index contributed by atoms with van der Waals surface area (Å²) in [6, 6.07) is 65.9. The first-order valence-corrected chi connectivity index (χ1v) is 20.7. The summed E-state index contributed by atoms with van der Waals surface area (Å²) in [6.45, 7) is 0. The van der Waals surface area contributed by atoms with Gasteiger partial charge in [0.05, 0.1) is 11.0 Å². The third kappa shape index (κ3) is 4.73. The summed E-state index contributed by atoms with van der Waals surface area (Å²) in [5.74, 6) is 0. The number of fused-ring (bicyclic) bond motifs is 9. The minimum atomic E-state index is 1.16. The number of nitrogens with zero attached hydrogens (tertiary/aromatic N) is 1. The predicted molar refractivity (Wildman–Crippen MR) is 242 cm³/mol. The number of aryl methyl sites for hydroxylation is 1. The Bertz CT molecular complexity index is 3300. The van der Waals surface area contributed by atoms with E-state index in [0.29, 0.717) is 0 Å². The van der Waals surface area contributed by atoms with Crippen molar-refractivity contribution in [3.05, 3.63) is 187 Å². The molecule has 0 amide bonds. The highest BCUT2D eigenvalue weighted by Gasteiger charge is 2.21. The molecule has 0 unspecified atom stereocenters. The predicted octanol–water partition coefficient (Wildman–Crippen LogP) is 15.3. The second-order valence-electron chi connectivity index (χ2n) is 15.4. The first kappa shape index (κ1) is 31.8. The summed E-state index contributed by atoms with van der Waals surface area (Å²) < 4.78 is 5.13. The summed E-state index contributed by atoms with van der Waals surface area (Å²) in [5, 5.41) is 10.5. The molecule has 11 aromatic rings. The summed E-state index contributed by atoms with van der Waals surface area (Å²) in [6.07, 6.45) is 4.89. The molecule has 9 aromatic carbocycles. The molecule has 0 N–H and O–H groups in total. The fourth-order valence-electron chi connectivity index (χ4n) is 9.92. The summed E-state index contributed by atoms with van der Waals surface area (Å²) in [5.41, 5.74) is 14.6. The van der Waals surface area contributed by atoms with E-state index >= 15 is 0 Å². The fourth-order valence-corrected chi connectivity index (χ4v) is 11.2. The second kappa shape index (κ2) is 12.5. The molecule has 1 nitrogen and oxygen atoms in total. The molecule has 56 heavy (non-hydrogen) atoms. The van der Waals surface area contributed by atoms with Crippen molar-refractivity contribution >= 4 is 74.9 Å². The van der Waals surface area contributed by atoms with Gasteiger partial charge in [0.25, 0.3) is 0 Å². The SMILES string of the molecule is c1cc2c(c(-c3c4ccccc4c(-c4ccc(-n5c6ccccc6c6cc(-c7cccc8c7sc7ccccc78)ccc65)cc4)c4ccccc34)c1)CCCC2. The molecular formula is C54H37NS. The van der Waals surface area contributed by atoms with Crippen molar-refractivity contribution in [2.75, 3.05) is 0 Å². The van der Waals surface area contributed by atoms with Crippen LogP contribution in [0.15, 0.2) is 176 Å². The van der Waals surface area contributed by atoms with Crippen LogP contribution in [0.4, 0.5) is 0 Å². The third-order valence-electron chi connectivity index (χ3n) is 12.4. The molecule has 0 bridgehead atoms. The lowest BCUT2D eigenvalue weighted by atomic mass is 9.81. The van der Waals surface area contributed by atoms with E-state index in [-0.39, 0.29) is 0 Å². The molecule has 0 radical (unpaired) electrons. The number of para-hydroxylation sites is 1. The van der Waals surface area contributed by atoms with Crippen molar-refractivity contribution < 1.29 is 0 Å². The molecule has 2 heteroatoms. The van der Waals surface area contributed by atoms with E-state index < -0.39 is 0 Å². The van der Waals surface area contributed by atoms with Crippen LogP contribution in [-0.2, 0) is 12.8 Å². The van der Waals surface area contributed by atoms with Gasteiger partial charge in [-0.3, -0.25) is 0 Å². The Morgan fingerprint density at radius 3 is 1.77 bits per heavy atom. The molecule has 0 saturated heterocycles. The Balaban J connectivity index is 1.02. The van der Waals surface area contributed by atoms with Crippen molar-refractivity contribution in [1.29, 1.82) is 0 Å². The quantitative estimate of drug-likeness (QED) is 0.159. The van der Waals surface area contributed by atoms with Crippen molar-refractivity contribution in [2.45, 2.75) is 25.7 Å². The van der Waals surface area contributed by atoms with Gasteiger partial charge >= 0.3 is 0 Å². The minimum Gasteiger partial charge on any atom is -0.309 e. The molecule has 2 heterocycles. The monoisotopic (exact) mass is 731 g/mol. The maximum atomic E-state index is 2.44. The number of thiophene rings is 1. The Hall–Kier alpha value is -6.48. The number of rotatable bonds is 4. The number of hydrogen-bond donors (Lipinski definition) is 0. The summed E-state index contributed by atoms with van der Waals surface area (Å²) in [7, 11) is 0. The van der Waals surface area contributed by atoms with Gasteiger partial charge in [0.2, 0.25) is 0 Å². The minimum absolute atomic E-state index is 1.16. The standard InChI is InChI=1S/C54H37NS/c1-2-15-38-34(13-1)14-11-23-42(38)53-45-20-5-3-18-43(45)52(44-19-4-6-21-46(44)53)35-27-30-37(31-28-35)55-49-25-9-7-16-40(49)48-33-36(29-32-50(48)55)39-22-12-24-47-41-17-8-10-26-51(41)56-54(39)47/h3-12,14,16-33H,1-2,13,15H2. The third-order valence-corrected chi connectivity index (χ3v) is 13.6. The second-order valence-corrected chi connectivity index (χ2v) is 16.5. The highest BCUT2D eigenvalue weighted by Crippen LogP contribution is 2.46. The number of aromatic nitrogens is 1. The van der Waals surface area contributed by atoms with E-state index in [1.54, 1.807) is 5.56 Å². The zero-order valence-corrected chi connectivity index (χ0v) is 31.7. The highest BCUT2D eigenvalue weighted by atomic mass is 32.1. The van der Waals surface area contributed by atoms with Crippen LogP contribution < -0.4 is 0 Å². The average Bonchev–Trinajstić information content (AvgIpc) is 3.81. The van der Waals surface area contributed by atoms with Crippen molar-refractivity contribution in [3.8, 4) is 39.1 Å². The zero-order valence-electron chi connectivity index (χ0n) is 30.9. The zero-order chi connectivity index (χ0) is 36.7. The van der Waals surface area contributed by atoms with E-state index in [0.717, 1.165) is 6.42 Å². The molecule has 1 aliphatic rings. The number of benzene rings is 9. The van der Waals surface area contributed by atoms with Crippen LogP contribution in [0.25, 0.3) is 103 Å². The van der Waals surface area contributed by atoms with Crippen LogP contribution in [0.5, 0.6) is 0 Å². The van der Waals surface area contributed by atoms with E-state index in [1.165, 1.54) is 127 Å². The van der Waals surface area contributed by atoms with Gasteiger partial charge < -0.3 is 4.57 Å². The van der Waals surface area contributed by atoms with Crippen molar-refractivity contribution in [1.82, 2.24) is 4.57 Å². The molecule has 0 fully saturated rings. The van der Waals surface area contributed by atoms with Crippen LogP contribution in [0, 0.1) is 0 Å². The van der Waals surface area contributed by atoms with E-state index in [1.807, 2.05) is 11.3 Å². The van der Waals surface area contributed by atoms with Crippen molar-refractivity contribution in [3.63, 3.8) is 0 Å². The van der Waals surface area contributed by atoms with Gasteiger partial charge in [-0.1, -0.05) is 140 Å². The van der Waals surface area contributed by atoms with Gasteiger partial charge in [0, 0.05) is 36.6 Å². The molecule has 0 saturated carbocycles. The summed E-state index contributed by atoms with van der Waals surface area (Å²) in [4.78, 5) is 0. The topological polar surface area (TPSA) is 4.93 Å². The highest BCUT2D eigenvalue weighted by molar-refractivity contribution is 7.26. The smallest absolute Gasteiger partial charge is 0.0541 e. The van der Waals surface area contributed by atoms with Gasteiger partial charge in [-0.05, 0) is 128 Å². The summed E-state index contributed by atoms with van der Waals surface area (Å²) >= 11 is 1.89. The van der Waals surface area contributed by atoms with Crippen molar-refractivity contribution in [2.24, 2.45) is 0 Å². The van der Waals surface area contributed by atoms with Gasteiger partial charge in [0.15, 0.2) is 0 Å². The molecule has 2 aromatic heterocycles. The van der Waals surface area contributed by atoms with Crippen LogP contribution in [-0.4, -0.2) is 4.57 Å². The molecule has 0 atom stereocenters. The first-order chi connectivity index (χ1) is 27.8. The molecular weight excluding hydrogens is 695 g/mol. The Morgan fingerprint density at radius 2 is 0.982 bits per heavy atom. The molecule has 12 rings (SSSR count). The molecule has 1 aliphatic carbocycles. The Morgan fingerprint density at radius 1 is 0.393 bits per heavy atom. The van der Waals surface area contributed by atoms with Gasteiger partial charge in [-0.2, -0.15) is 0 Å². The maximum absolute atomic E-state index is 2.44. The molecule has 0 aliphatic heterocycles. The van der Waals surface area contributed by atoms with E-state index in [4.69, 9.17) is 0 Å². The van der Waals surface area contributed by atoms with Crippen LogP contribution in [0.2, 0.25) is 0 Å². The maximum Gasteiger partial charge on any atom is 0.0541 e. The average molecular weight is 732 g/mol. The van der Waals surface area contributed by atoms with E-state index in [2.05, 4.69) is 180 Å². The molecule has 0 spiro atoms. The molecule has 264 valence electrons. The Labute approximate surface area is 329 Å². The van der Waals surface area contributed by atoms with Crippen LogP contribution in [0.1, 0.15) is 24.0 Å². The van der Waals surface area contributed by atoms with E-state index in [9.17, 15) is 0 Å². The van der Waals surface area contributed by atoms with Gasteiger partial charge in [-0.15, -0.1) is 11.3 Å². The largest absolute Gasteiger partial charge is 0.309 e. The van der Waals surface area contributed by atoms with Crippen LogP contribution >= 0.6 is 11.3 Å². The number of hydrogen-bond acceptors (Lipinski definition) is 1. The van der Waals surface area contributed by atoms with Gasteiger partial charge in [-0.25, -0.2) is 0 Å². The lowest BCUT2D eigenvalue weighted by Gasteiger charge is -2.23. The normalized spacial score (nSPS) is 13.1. The lowest BCUT2D eigenvalue weighted by Crippen LogP contribution is -2.04.